The number of carboxylic acids is 1. The summed E-state index contributed by atoms with van der Waals surface area (Å²) in [6.07, 6.45) is 1.09. The Kier molecular flexibility index (Phi) is 2.98. The summed E-state index contributed by atoms with van der Waals surface area (Å²) in [5.41, 5.74) is 0.484. The number of benzene rings is 1. The molecule has 0 aliphatic rings. The van der Waals surface area contributed by atoms with Gasteiger partial charge in [0.05, 0.1) is 0 Å². The number of oxazole rings is 1. The Morgan fingerprint density at radius 1 is 1.44 bits per heavy atom. The van der Waals surface area contributed by atoms with Crippen molar-refractivity contribution in [3.8, 4) is 11.5 Å². The minimum absolute atomic E-state index is 0.133. The van der Waals surface area contributed by atoms with E-state index in [2.05, 4.69) is 20.9 Å². The second kappa shape index (κ2) is 4.27. The van der Waals surface area contributed by atoms with Crippen molar-refractivity contribution >= 4 is 33.5 Å². The molecule has 0 atom stereocenters. The Labute approximate surface area is 104 Å². The molecule has 0 unspecified atom stereocenters. The summed E-state index contributed by atoms with van der Waals surface area (Å²) in [5, 5.41) is 9.21. The second-order valence-corrected chi connectivity index (χ2v) is 4.35. The number of aromatic carboxylic acids is 1. The van der Waals surface area contributed by atoms with Crippen LogP contribution in [0.15, 0.2) is 33.4 Å². The SMILES string of the molecule is O=C(O)c1coc(-c2cc(Cl)cc(Br)c2)n1. The number of halogens is 2. The minimum Gasteiger partial charge on any atom is -0.476 e. The second-order valence-electron chi connectivity index (χ2n) is 3.00. The summed E-state index contributed by atoms with van der Waals surface area (Å²) in [4.78, 5) is 14.4. The van der Waals surface area contributed by atoms with E-state index in [1.807, 2.05) is 0 Å². The summed E-state index contributed by atoms with van der Waals surface area (Å²) >= 11 is 9.13. The van der Waals surface area contributed by atoms with Crippen LogP contribution in [0.1, 0.15) is 10.5 Å². The van der Waals surface area contributed by atoms with Gasteiger partial charge in [-0.15, -0.1) is 0 Å². The van der Waals surface area contributed by atoms with E-state index >= 15 is 0 Å². The van der Waals surface area contributed by atoms with Crippen molar-refractivity contribution in [2.45, 2.75) is 0 Å². The molecule has 1 aromatic carbocycles. The molecule has 1 heterocycles. The number of nitrogens with zero attached hydrogens (tertiary/aromatic N) is 1. The molecule has 1 aromatic heterocycles. The van der Waals surface area contributed by atoms with Crippen molar-refractivity contribution in [2.75, 3.05) is 0 Å². The van der Waals surface area contributed by atoms with Gasteiger partial charge in [-0.05, 0) is 18.2 Å². The van der Waals surface area contributed by atoms with Crippen LogP contribution in [0.25, 0.3) is 11.5 Å². The molecule has 0 radical (unpaired) electrons. The van der Waals surface area contributed by atoms with Crippen LogP contribution in [0.5, 0.6) is 0 Å². The highest BCUT2D eigenvalue weighted by molar-refractivity contribution is 9.10. The molecule has 2 aromatic rings. The average molecular weight is 303 g/mol. The first-order valence-corrected chi connectivity index (χ1v) is 5.38. The first-order valence-electron chi connectivity index (χ1n) is 4.21. The summed E-state index contributed by atoms with van der Waals surface area (Å²) in [6.45, 7) is 0. The first kappa shape index (κ1) is 11.2. The highest BCUT2D eigenvalue weighted by Crippen LogP contribution is 2.26. The van der Waals surface area contributed by atoms with E-state index < -0.39 is 5.97 Å². The fraction of sp³-hybridized carbons (Fsp3) is 0. The van der Waals surface area contributed by atoms with Crippen LogP contribution in [0.4, 0.5) is 0 Å². The van der Waals surface area contributed by atoms with Crippen LogP contribution in [0.3, 0.4) is 0 Å². The van der Waals surface area contributed by atoms with Gasteiger partial charge in [-0.2, -0.15) is 0 Å². The molecular formula is C10H5BrClNO3. The number of hydrogen-bond acceptors (Lipinski definition) is 3. The fourth-order valence-corrected chi connectivity index (χ4v) is 2.04. The van der Waals surface area contributed by atoms with Crippen LogP contribution in [0.2, 0.25) is 5.02 Å². The summed E-state index contributed by atoms with van der Waals surface area (Å²) in [7, 11) is 0. The lowest BCUT2D eigenvalue weighted by Crippen LogP contribution is -1.95. The Balaban J connectivity index is 2.46. The third-order valence-corrected chi connectivity index (χ3v) is 2.51. The monoisotopic (exact) mass is 301 g/mol. The van der Waals surface area contributed by atoms with E-state index in [0.29, 0.717) is 10.6 Å². The molecule has 0 saturated carbocycles. The lowest BCUT2D eigenvalue weighted by molar-refractivity contribution is 0.0690. The maximum absolute atomic E-state index is 10.6. The van der Waals surface area contributed by atoms with Crippen molar-refractivity contribution in [1.29, 1.82) is 0 Å². The van der Waals surface area contributed by atoms with Crippen molar-refractivity contribution in [1.82, 2.24) is 4.98 Å². The van der Waals surface area contributed by atoms with E-state index in [4.69, 9.17) is 21.1 Å². The van der Waals surface area contributed by atoms with Gasteiger partial charge in [-0.25, -0.2) is 9.78 Å². The van der Waals surface area contributed by atoms with Crippen LogP contribution in [0, 0.1) is 0 Å². The summed E-state index contributed by atoms with van der Waals surface area (Å²) in [6, 6.07) is 5.10. The zero-order chi connectivity index (χ0) is 11.7. The van der Waals surface area contributed by atoms with Gasteiger partial charge in [0.1, 0.15) is 6.26 Å². The van der Waals surface area contributed by atoms with Crippen molar-refractivity contribution in [3.05, 3.63) is 39.7 Å². The smallest absolute Gasteiger partial charge is 0.357 e. The Morgan fingerprint density at radius 2 is 2.19 bits per heavy atom. The van der Waals surface area contributed by atoms with E-state index in [-0.39, 0.29) is 11.6 Å². The van der Waals surface area contributed by atoms with Crippen molar-refractivity contribution in [2.24, 2.45) is 0 Å². The lowest BCUT2D eigenvalue weighted by Gasteiger charge is -1.97. The molecular weight excluding hydrogens is 297 g/mol. The molecule has 0 aliphatic heterocycles. The van der Waals surface area contributed by atoms with Gasteiger partial charge < -0.3 is 9.52 Å². The van der Waals surface area contributed by atoms with E-state index in [0.717, 1.165) is 10.7 Å². The standard InChI is InChI=1S/C10H5BrClNO3/c11-6-1-5(2-7(12)3-6)9-13-8(4-16-9)10(14)15/h1-4H,(H,14,15). The van der Waals surface area contributed by atoms with Crippen LogP contribution in [-0.2, 0) is 0 Å². The highest BCUT2D eigenvalue weighted by Gasteiger charge is 2.12. The molecule has 4 nitrogen and oxygen atoms in total. The highest BCUT2D eigenvalue weighted by atomic mass is 79.9. The summed E-state index contributed by atoms with van der Waals surface area (Å²) in [5.74, 6) is -0.906. The largest absolute Gasteiger partial charge is 0.476 e. The number of carbonyl (C=O) groups is 1. The number of carboxylic acid groups (broad SMARTS) is 1. The maximum atomic E-state index is 10.6. The molecule has 6 heteroatoms. The maximum Gasteiger partial charge on any atom is 0.357 e. The Morgan fingerprint density at radius 3 is 2.75 bits per heavy atom. The van der Waals surface area contributed by atoms with Crippen molar-refractivity contribution < 1.29 is 14.3 Å². The molecule has 0 bridgehead atoms. The van der Waals surface area contributed by atoms with Crippen molar-refractivity contribution in [3.63, 3.8) is 0 Å². The molecule has 0 spiro atoms. The third kappa shape index (κ3) is 2.25. The zero-order valence-corrected chi connectivity index (χ0v) is 10.1. The molecule has 0 aliphatic carbocycles. The molecule has 1 N–H and O–H groups in total. The predicted octanol–water partition coefficient (Wildman–Crippen LogP) is 3.46. The number of aromatic nitrogens is 1. The van der Waals surface area contributed by atoms with Gasteiger partial charge in [0.25, 0.3) is 0 Å². The topological polar surface area (TPSA) is 63.3 Å². The molecule has 0 amide bonds. The lowest BCUT2D eigenvalue weighted by atomic mass is 10.2. The number of hydrogen-bond donors (Lipinski definition) is 1. The predicted molar refractivity (Wildman–Crippen MR) is 61.6 cm³/mol. The molecule has 0 fully saturated rings. The fourth-order valence-electron chi connectivity index (χ4n) is 1.18. The van der Waals surface area contributed by atoms with Crippen LogP contribution < -0.4 is 0 Å². The van der Waals surface area contributed by atoms with Crippen LogP contribution in [-0.4, -0.2) is 16.1 Å². The van der Waals surface area contributed by atoms with E-state index in [1.165, 1.54) is 0 Å². The summed E-state index contributed by atoms with van der Waals surface area (Å²) < 4.78 is 5.82. The van der Waals surface area contributed by atoms with E-state index in [9.17, 15) is 4.79 Å². The van der Waals surface area contributed by atoms with Gasteiger partial charge in [-0.1, -0.05) is 27.5 Å². The number of rotatable bonds is 2. The van der Waals surface area contributed by atoms with Gasteiger partial charge in [0.15, 0.2) is 5.69 Å². The average Bonchev–Trinajstić information content (AvgIpc) is 2.64. The zero-order valence-electron chi connectivity index (χ0n) is 7.78. The van der Waals surface area contributed by atoms with Crippen LogP contribution >= 0.6 is 27.5 Å². The van der Waals surface area contributed by atoms with Gasteiger partial charge in [-0.3, -0.25) is 0 Å². The first-order chi connectivity index (χ1) is 7.56. The van der Waals surface area contributed by atoms with Gasteiger partial charge in [0, 0.05) is 15.1 Å². The quantitative estimate of drug-likeness (QED) is 0.923. The Hall–Kier alpha value is -1.33. The molecule has 0 saturated heterocycles. The Bertz CT molecular complexity index is 532. The van der Waals surface area contributed by atoms with Gasteiger partial charge >= 0.3 is 5.97 Å². The third-order valence-electron chi connectivity index (χ3n) is 1.83. The normalized spacial score (nSPS) is 10.4. The molecule has 82 valence electrons. The molecule has 2 rings (SSSR count). The minimum atomic E-state index is -1.13. The molecule has 16 heavy (non-hydrogen) atoms. The van der Waals surface area contributed by atoms with Gasteiger partial charge in [0.2, 0.25) is 5.89 Å². The van der Waals surface area contributed by atoms with E-state index in [1.54, 1.807) is 18.2 Å².